The minimum Gasteiger partial charge on any atom is -0.323 e. The molecule has 5 atom stereocenters. The number of rotatable bonds is 3. The molecule has 1 amide bonds. The molecule has 2 saturated carbocycles. The van der Waals surface area contributed by atoms with Gasteiger partial charge in [-0.1, -0.05) is 26.7 Å². The molecule has 1 N–H and O–H groups in total. The van der Waals surface area contributed by atoms with E-state index in [0.29, 0.717) is 0 Å². The van der Waals surface area contributed by atoms with Crippen LogP contribution in [0.4, 0.5) is 4.39 Å². The number of nitrogens with one attached hydrogen (secondary N) is 1. The van der Waals surface area contributed by atoms with Gasteiger partial charge in [0.1, 0.15) is 12.2 Å². The smallest absolute Gasteiger partial charge is 0.237 e. The van der Waals surface area contributed by atoms with Crippen LogP contribution < -0.4 is 5.32 Å². The molecule has 4 nitrogen and oxygen atoms in total. The first-order valence-electron chi connectivity index (χ1n) is 8.09. The van der Waals surface area contributed by atoms with E-state index in [-0.39, 0.29) is 38.4 Å². The Labute approximate surface area is 133 Å². The summed E-state index contributed by atoms with van der Waals surface area (Å²) in [6.45, 7) is 2.49. The highest BCUT2D eigenvalue weighted by Gasteiger charge is 2.44. The fourth-order valence-corrected chi connectivity index (χ4v) is 4.61. The van der Waals surface area contributed by atoms with E-state index < -0.39 is 12.2 Å². The Morgan fingerprint density at radius 3 is 2.64 bits per heavy atom. The number of hydrogen-bond donors (Lipinski definition) is 1. The zero-order valence-corrected chi connectivity index (χ0v) is 12.6. The van der Waals surface area contributed by atoms with Crippen LogP contribution in [0.3, 0.4) is 0 Å². The summed E-state index contributed by atoms with van der Waals surface area (Å²) >= 11 is 0. The van der Waals surface area contributed by atoms with Gasteiger partial charge in [-0.25, -0.2) is 4.39 Å². The van der Waals surface area contributed by atoms with Crippen molar-refractivity contribution in [1.29, 1.82) is 5.26 Å². The second-order valence-corrected chi connectivity index (χ2v) is 7.30. The van der Waals surface area contributed by atoms with Crippen LogP contribution in [-0.2, 0) is 4.79 Å². The van der Waals surface area contributed by atoms with Gasteiger partial charge in [0.2, 0.25) is 5.91 Å². The summed E-state index contributed by atoms with van der Waals surface area (Å²) in [6.07, 6.45) is 5.37. The Bertz CT molecular complexity index is 449. The molecule has 1 saturated heterocycles. The lowest BCUT2D eigenvalue weighted by atomic mass is 9.96. The van der Waals surface area contributed by atoms with Crippen molar-refractivity contribution < 1.29 is 9.18 Å². The molecule has 3 rings (SSSR count). The molecule has 0 radical (unpaired) electrons. The van der Waals surface area contributed by atoms with E-state index in [1.807, 2.05) is 6.07 Å². The fraction of sp³-hybridized carbons (Fsp3) is 0.882. The maximum absolute atomic E-state index is 13.4. The van der Waals surface area contributed by atoms with Crippen molar-refractivity contribution in [3.63, 3.8) is 0 Å². The number of carbonyl (C=O) groups excluding carboxylic acids is 1. The number of alkyl halides is 1. The van der Waals surface area contributed by atoms with Gasteiger partial charge in [0, 0.05) is 12.0 Å². The Hall–Kier alpha value is -1.15. The van der Waals surface area contributed by atoms with Gasteiger partial charge in [-0.3, -0.25) is 4.79 Å². The van der Waals surface area contributed by atoms with E-state index >= 15 is 0 Å². The largest absolute Gasteiger partial charge is 0.323 e. The SMILES string of the molecule is C.CC1(NCC(=O)N2CC(F)CC2C#N)CC2CCC[C@@H]2C1. The first-order chi connectivity index (χ1) is 10.0. The van der Waals surface area contributed by atoms with Crippen LogP contribution in [0, 0.1) is 23.2 Å². The summed E-state index contributed by atoms with van der Waals surface area (Å²) in [5.74, 6) is 1.48. The quantitative estimate of drug-likeness (QED) is 0.872. The maximum Gasteiger partial charge on any atom is 0.237 e. The van der Waals surface area contributed by atoms with Gasteiger partial charge in [0.05, 0.1) is 19.2 Å². The molecular formula is C17H28FN3O. The molecule has 3 aliphatic rings. The molecular weight excluding hydrogens is 281 g/mol. The predicted octanol–water partition coefficient (Wildman–Crippen LogP) is 2.64. The fourth-order valence-electron chi connectivity index (χ4n) is 4.61. The summed E-state index contributed by atoms with van der Waals surface area (Å²) in [5, 5.41) is 12.4. The molecule has 0 spiro atoms. The van der Waals surface area contributed by atoms with Crippen molar-refractivity contribution in [3.05, 3.63) is 0 Å². The number of amides is 1. The summed E-state index contributed by atoms with van der Waals surface area (Å²) in [5.41, 5.74) is 0.0302. The van der Waals surface area contributed by atoms with Crippen LogP contribution in [0.15, 0.2) is 0 Å². The second-order valence-electron chi connectivity index (χ2n) is 7.30. The molecule has 2 aliphatic carbocycles. The molecule has 1 heterocycles. The van der Waals surface area contributed by atoms with Crippen molar-refractivity contribution in [2.24, 2.45) is 11.8 Å². The summed E-state index contributed by atoms with van der Waals surface area (Å²) in [4.78, 5) is 13.7. The van der Waals surface area contributed by atoms with E-state index in [1.54, 1.807) is 0 Å². The van der Waals surface area contributed by atoms with Crippen LogP contribution >= 0.6 is 0 Å². The molecule has 0 aromatic heterocycles. The highest BCUT2D eigenvalue weighted by atomic mass is 19.1. The number of hydrogen-bond acceptors (Lipinski definition) is 3. The molecule has 1 aliphatic heterocycles. The number of halogens is 1. The minimum absolute atomic E-state index is 0. The van der Waals surface area contributed by atoms with E-state index in [0.717, 1.165) is 24.7 Å². The normalized spacial score (nSPS) is 40.1. The van der Waals surface area contributed by atoms with Gasteiger partial charge in [-0.15, -0.1) is 0 Å². The van der Waals surface area contributed by atoms with E-state index in [9.17, 15) is 9.18 Å². The summed E-state index contributed by atoms with van der Waals surface area (Å²) in [6, 6.07) is 1.44. The molecule has 3 fully saturated rings. The van der Waals surface area contributed by atoms with Gasteiger partial charge in [0.15, 0.2) is 0 Å². The number of carbonyl (C=O) groups is 1. The number of nitriles is 1. The van der Waals surface area contributed by atoms with Crippen LogP contribution in [0.2, 0.25) is 0 Å². The lowest BCUT2D eigenvalue weighted by Gasteiger charge is -2.28. The van der Waals surface area contributed by atoms with Gasteiger partial charge in [-0.2, -0.15) is 5.26 Å². The van der Waals surface area contributed by atoms with Gasteiger partial charge >= 0.3 is 0 Å². The topological polar surface area (TPSA) is 56.1 Å². The van der Waals surface area contributed by atoms with Gasteiger partial charge < -0.3 is 10.2 Å². The second kappa shape index (κ2) is 6.54. The predicted molar refractivity (Wildman–Crippen MR) is 83.8 cm³/mol. The van der Waals surface area contributed by atoms with Crippen molar-refractivity contribution >= 4 is 5.91 Å². The zero-order valence-electron chi connectivity index (χ0n) is 12.6. The van der Waals surface area contributed by atoms with Crippen LogP contribution in [0.25, 0.3) is 0 Å². The third-order valence-corrected chi connectivity index (χ3v) is 5.63. The third-order valence-electron chi connectivity index (χ3n) is 5.63. The Balaban J connectivity index is 0.00000176. The summed E-state index contributed by atoms with van der Waals surface area (Å²) in [7, 11) is 0. The molecule has 5 heteroatoms. The number of likely N-dealkylation sites (tertiary alicyclic amines) is 1. The number of nitrogens with zero attached hydrogens (tertiary/aromatic N) is 2. The average molecular weight is 309 g/mol. The van der Waals surface area contributed by atoms with Crippen molar-refractivity contribution in [2.45, 2.75) is 70.6 Å². The van der Waals surface area contributed by atoms with Crippen LogP contribution in [0.5, 0.6) is 0 Å². The van der Waals surface area contributed by atoms with Gasteiger partial charge in [-0.05, 0) is 31.6 Å². The minimum atomic E-state index is -1.06. The highest BCUT2D eigenvalue weighted by molar-refractivity contribution is 5.79. The van der Waals surface area contributed by atoms with E-state index in [4.69, 9.17) is 5.26 Å². The standard InChI is InChI=1S/C16H24FN3O.CH4/c1-16(6-11-3-2-4-12(11)7-16)19-9-15(21)20-10-13(17)5-14(20)8-18;/h11-14,19H,2-7,9-10H2,1H3;1H4/t11-,12?,13?,14?,16?;/m1./s1. The van der Waals surface area contributed by atoms with Crippen LogP contribution in [0.1, 0.15) is 52.9 Å². The first-order valence-corrected chi connectivity index (χ1v) is 8.09. The molecule has 0 bridgehead atoms. The molecule has 22 heavy (non-hydrogen) atoms. The van der Waals surface area contributed by atoms with Crippen molar-refractivity contribution in [1.82, 2.24) is 10.2 Å². The van der Waals surface area contributed by atoms with Gasteiger partial charge in [0.25, 0.3) is 0 Å². The lowest BCUT2D eigenvalue weighted by molar-refractivity contribution is -0.130. The lowest BCUT2D eigenvalue weighted by Crippen LogP contribution is -2.48. The molecule has 4 unspecified atom stereocenters. The average Bonchev–Trinajstić information content (AvgIpc) is 3.09. The third kappa shape index (κ3) is 3.27. The Morgan fingerprint density at radius 2 is 2.05 bits per heavy atom. The molecule has 0 aromatic carbocycles. The Kier molecular flexibility index (Phi) is 5.11. The van der Waals surface area contributed by atoms with E-state index in [1.165, 1.54) is 24.2 Å². The number of fused-ring (bicyclic) bond motifs is 1. The molecule has 124 valence electrons. The molecule has 0 aromatic rings. The van der Waals surface area contributed by atoms with Crippen LogP contribution in [-0.4, -0.2) is 41.6 Å². The van der Waals surface area contributed by atoms with Crippen molar-refractivity contribution in [3.8, 4) is 6.07 Å². The zero-order chi connectivity index (χ0) is 15.0. The first kappa shape index (κ1) is 17.2. The highest BCUT2D eigenvalue weighted by Crippen LogP contribution is 2.48. The van der Waals surface area contributed by atoms with Crippen molar-refractivity contribution in [2.75, 3.05) is 13.1 Å². The monoisotopic (exact) mass is 309 g/mol. The maximum atomic E-state index is 13.4. The van der Waals surface area contributed by atoms with E-state index in [2.05, 4.69) is 12.2 Å². The Morgan fingerprint density at radius 1 is 1.41 bits per heavy atom. The summed E-state index contributed by atoms with van der Waals surface area (Å²) < 4.78 is 13.4.